The average molecular weight is 436 g/mol. The first kappa shape index (κ1) is 19.0. The van der Waals surface area contributed by atoms with Gasteiger partial charge in [0.1, 0.15) is 11.2 Å². The Labute approximate surface area is 189 Å². The van der Waals surface area contributed by atoms with Crippen LogP contribution in [0.5, 0.6) is 0 Å². The van der Waals surface area contributed by atoms with E-state index in [1.807, 2.05) is 66.7 Å². The van der Waals surface area contributed by atoms with Gasteiger partial charge >= 0.3 is 0 Å². The summed E-state index contributed by atoms with van der Waals surface area (Å²) in [6.07, 6.45) is 8.19. The van der Waals surface area contributed by atoms with Gasteiger partial charge in [-0.3, -0.25) is 0 Å². The summed E-state index contributed by atoms with van der Waals surface area (Å²) in [6, 6.07) is 21.7. The van der Waals surface area contributed by atoms with E-state index in [-0.39, 0.29) is 0 Å². The Balaban J connectivity index is 1.61. The molecule has 1 aliphatic rings. The molecule has 154 valence electrons. The molecule has 2 aromatic heterocycles. The topological polar surface area (TPSA) is 51.8 Å². The fourth-order valence-electron chi connectivity index (χ4n) is 4.09. The molecule has 1 aliphatic carbocycles. The van der Waals surface area contributed by atoms with Crippen LogP contribution in [0.2, 0.25) is 5.02 Å². The van der Waals surface area contributed by atoms with Crippen LogP contribution in [0.4, 0.5) is 0 Å². The number of hydrogen-bond acceptors (Lipinski definition) is 4. The highest BCUT2D eigenvalue weighted by atomic mass is 35.5. The lowest BCUT2D eigenvalue weighted by Crippen LogP contribution is -2.03. The number of hydrogen-bond donors (Lipinski definition) is 0. The minimum Gasteiger partial charge on any atom is -0.455 e. The van der Waals surface area contributed by atoms with Gasteiger partial charge in [-0.25, -0.2) is 15.0 Å². The molecule has 0 atom stereocenters. The Morgan fingerprint density at radius 2 is 1.62 bits per heavy atom. The first-order valence-electron chi connectivity index (χ1n) is 10.5. The SMILES string of the molecule is Clc1ccc2oc3c(-c4nc(C5=CC=CCC5)nc(-c5ccccc5)n4)cccc3c2c1. The van der Waals surface area contributed by atoms with Crippen molar-refractivity contribution < 1.29 is 4.42 Å². The van der Waals surface area contributed by atoms with Crippen molar-refractivity contribution in [1.29, 1.82) is 0 Å². The summed E-state index contributed by atoms with van der Waals surface area (Å²) in [6.45, 7) is 0. The molecular formula is C27H18ClN3O. The summed E-state index contributed by atoms with van der Waals surface area (Å²) in [5.74, 6) is 1.95. The van der Waals surface area contributed by atoms with Gasteiger partial charge in [0.15, 0.2) is 17.5 Å². The molecule has 0 saturated carbocycles. The van der Waals surface area contributed by atoms with Crippen LogP contribution in [0.15, 0.2) is 89.4 Å². The lowest BCUT2D eigenvalue weighted by molar-refractivity contribution is 0.669. The van der Waals surface area contributed by atoms with Crippen molar-refractivity contribution in [2.45, 2.75) is 12.8 Å². The number of fused-ring (bicyclic) bond motifs is 3. The zero-order chi connectivity index (χ0) is 21.5. The van der Waals surface area contributed by atoms with Crippen molar-refractivity contribution in [3.8, 4) is 22.8 Å². The molecule has 3 aromatic carbocycles. The van der Waals surface area contributed by atoms with E-state index >= 15 is 0 Å². The predicted octanol–water partition coefficient (Wildman–Crippen LogP) is 7.49. The van der Waals surface area contributed by atoms with Crippen LogP contribution in [-0.4, -0.2) is 15.0 Å². The summed E-state index contributed by atoms with van der Waals surface area (Å²) in [5.41, 5.74) is 4.43. The van der Waals surface area contributed by atoms with E-state index in [0.717, 1.165) is 51.5 Å². The van der Waals surface area contributed by atoms with Crippen LogP contribution in [0, 0.1) is 0 Å². The molecule has 0 amide bonds. The van der Waals surface area contributed by atoms with E-state index in [2.05, 4.69) is 18.2 Å². The molecule has 4 nitrogen and oxygen atoms in total. The minimum atomic E-state index is 0.597. The Bertz CT molecular complexity index is 1530. The van der Waals surface area contributed by atoms with E-state index in [9.17, 15) is 0 Å². The number of para-hydroxylation sites is 1. The van der Waals surface area contributed by atoms with Crippen molar-refractivity contribution in [3.05, 3.63) is 95.8 Å². The second kappa shape index (κ2) is 7.74. The Kier molecular flexibility index (Phi) is 4.58. The molecule has 32 heavy (non-hydrogen) atoms. The summed E-state index contributed by atoms with van der Waals surface area (Å²) >= 11 is 6.24. The van der Waals surface area contributed by atoms with Gasteiger partial charge in [0.2, 0.25) is 0 Å². The quantitative estimate of drug-likeness (QED) is 0.294. The fraction of sp³-hybridized carbons (Fsp3) is 0.0741. The molecule has 0 unspecified atom stereocenters. The van der Waals surface area contributed by atoms with Crippen molar-refractivity contribution in [2.24, 2.45) is 0 Å². The molecule has 5 aromatic rings. The Hall–Kier alpha value is -3.76. The first-order valence-corrected chi connectivity index (χ1v) is 10.9. The first-order chi connectivity index (χ1) is 15.8. The molecule has 0 aliphatic heterocycles. The van der Waals surface area contributed by atoms with Gasteiger partial charge in [-0.05, 0) is 42.7 Å². The lowest BCUT2D eigenvalue weighted by atomic mass is 10.0. The van der Waals surface area contributed by atoms with Gasteiger partial charge in [-0.2, -0.15) is 0 Å². The molecule has 0 radical (unpaired) electrons. The van der Waals surface area contributed by atoms with Crippen molar-refractivity contribution in [2.75, 3.05) is 0 Å². The predicted molar refractivity (Wildman–Crippen MR) is 129 cm³/mol. The maximum Gasteiger partial charge on any atom is 0.167 e. The second-order valence-electron chi connectivity index (χ2n) is 7.76. The summed E-state index contributed by atoms with van der Waals surface area (Å²) < 4.78 is 6.24. The third-order valence-electron chi connectivity index (χ3n) is 5.67. The standard InChI is InChI=1S/C27H18ClN3O/c28-19-14-15-23-22(16-19)20-12-7-13-21(24(20)32-23)27-30-25(17-8-3-1-4-9-17)29-26(31-27)18-10-5-2-6-11-18/h1-5,7-10,12-16H,6,11H2. The number of furan rings is 1. The highest BCUT2D eigenvalue weighted by Crippen LogP contribution is 2.36. The van der Waals surface area contributed by atoms with Crippen LogP contribution < -0.4 is 0 Å². The molecule has 5 heteroatoms. The molecular weight excluding hydrogens is 418 g/mol. The number of nitrogens with zero attached hydrogens (tertiary/aromatic N) is 3. The van der Waals surface area contributed by atoms with Gasteiger partial charge in [-0.1, -0.05) is 72.3 Å². The van der Waals surface area contributed by atoms with Crippen LogP contribution in [-0.2, 0) is 0 Å². The second-order valence-corrected chi connectivity index (χ2v) is 8.19. The van der Waals surface area contributed by atoms with Crippen molar-refractivity contribution in [3.63, 3.8) is 0 Å². The maximum absolute atomic E-state index is 6.24. The Morgan fingerprint density at radius 1 is 0.781 bits per heavy atom. The summed E-state index contributed by atoms with van der Waals surface area (Å²) in [7, 11) is 0. The zero-order valence-electron chi connectivity index (χ0n) is 17.1. The van der Waals surface area contributed by atoms with Gasteiger partial charge in [0.05, 0.1) is 5.56 Å². The third kappa shape index (κ3) is 3.29. The van der Waals surface area contributed by atoms with Crippen molar-refractivity contribution >= 4 is 39.1 Å². The van der Waals surface area contributed by atoms with Gasteiger partial charge in [-0.15, -0.1) is 0 Å². The van der Waals surface area contributed by atoms with E-state index in [1.165, 1.54) is 0 Å². The average Bonchev–Trinajstić information content (AvgIpc) is 3.23. The van der Waals surface area contributed by atoms with Crippen LogP contribution in [0.25, 0.3) is 50.3 Å². The molecule has 6 rings (SSSR count). The van der Waals surface area contributed by atoms with Crippen LogP contribution >= 0.6 is 11.6 Å². The number of allylic oxidation sites excluding steroid dienone is 4. The number of aromatic nitrogens is 3. The molecule has 0 spiro atoms. The highest BCUT2D eigenvalue weighted by molar-refractivity contribution is 6.31. The molecule has 2 heterocycles. The summed E-state index contributed by atoms with van der Waals surface area (Å²) in [4.78, 5) is 14.5. The largest absolute Gasteiger partial charge is 0.455 e. The van der Waals surface area contributed by atoms with Crippen LogP contribution in [0.3, 0.4) is 0 Å². The third-order valence-corrected chi connectivity index (χ3v) is 5.90. The number of benzene rings is 3. The number of rotatable bonds is 3. The normalized spacial score (nSPS) is 13.6. The minimum absolute atomic E-state index is 0.597. The van der Waals surface area contributed by atoms with E-state index in [0.29, 0.717) is 22.5 Å². The van der Waals surface area contributed by atoms with E-state index in [1.54, 1.807) is 0 Å². The van der Waals surface area contributed by atoms with Gasteiger partial charge in [0.25, 0.3) is 0 Å². The summed E-state index contributed by atoms with van der Waals surface area (Å²) in [5, 5.41) is 2.65. The van der Waals surface area contributed by atoms with Crippen LogP contribution in [0.1, 0.15) is 18.7 Å². The number of halogens is 1. The molecule has 0 fully saturated rings. The smallest absolute Gasteiger partial charge is 0.167 e. The van der Waals surface area contributed by atoms with Gasteiger partial charge in [0, 0.05) is 21.4 Å². The lowest BCUT2D eigenvalue weighted by Gasteiger charge is -2.11. The monoisotopic (exact) mass is 435 g/mol. The zero-order valence-corrected chi connectivity index (χ0v) is 17.9. The van der Waals surface area contributed by atoms with Gasteiger partial charge < -0.3 is 4.42 Å². The molecule has 0 bridgehead atoms. The fourth-order valence-corrected chi connectivity index (χ4v) is 4.26. The highest BCUT2D eigenvalue weighted by Gasteiger charge is 2.18. The molecule has 0 saturated heterocycles. The van der Waals surface area contributed by atoms with E-state index < -0.39 is 0 Å². The van der Waals surface area contributed by atoms with E-state index in [4.69, 9.17) is 31.0 Å². The van der Waals surface area contributed by atoms with Crippen molar-refractivity contribution in [1.82, 2.24) is 15.0 Å². The maximum atomic E-state index is 6.24. The molecule has 0 N–H and O–H groups in total. The Morgan fingerprint density at radius 3 is 2.47 bits per heavy atom.